The van der Waals surface area contributed by atoms with Gasteiger partial charge in [-0.05, 0) is 51.7 Å². The number of hydrogen-bond acceptors (Lipinski definition) is 8. The Bertz CT molecular complexity index is 989. The highest BCUT2D eigenvalue weighted by Crippen LogP contribution is 2.39. The van der Waals surface area contributed by atoms with Gasteiger partial charge in [-0.2, -0.15) is 0 Å². The van der Waals surface area contributed by atoms with Crippen LogP contribution >= 0.6 is 11.3 Å². The number of rotatable bonds is 8. The fourth-order valence-electron chi connectivity index (χ4n) is 3.02. The van der Waals surface area contributed by atoms with Gasteiger partial charge < -0.3 is 24.1 Å². The van der Waals surface area contributed by atoms with Gasteiger partial charge in [0.15, 0.2) is 5.69 Å². The van der Waals surface area contributed by atoms with Crippen molar-refractivity contribution in [3.63, 3.8) is 0 Å². The van der Waals surface area contributed by atoms with Crippen molar-refractivity contribution in [1.29, 1.82) is 0 Å². The van der Waals surface area contributed by atoms with Crippen molar-refractivity contribution < 1.29 is 28.4 Å². The zero-order valence-electron chi connectivity index (χ0n) is 19.5. The Balaban J connectivity index is 1.77. The maximum absolute atomic E-state index is 12.3. The molecule has 1 fully saturated rings. The van der Waals surface area contributed by atoms with Crippen molar-refractivity contribution in [2.45, 2.75) is 52.4 Å². The van der Waals surface area contributed by atoms with Gasteiger partial charge in [-0.1, -0.05) is 30.3 Å². The van der Waals surface area contributed by atoms with Crippen molar-refractivity contribution >= 4 is 36.6 Å². The Kier molecular flexibility index (Phi) is 7.94. The average molecular weight is 472 g/mol. The number of amides is 1. The third-order valence-electron chi connectivity index (χ3n) is 5.59. The molecular weight excluding hydrogens is 443 g/mol. The van der Waals surface area contributed by atoms with Crippen molar-refractivity contribution in [2.24, 2.45) is 0 Å². The first-order chi connectivity index (χ1) is 15.6. The Labute approximate surface area is 198 Å². The highest BCUT2D eigenvalue weighted by molar-refractivity contribution is 7.11. The Morgan fingerprint density at radius 1 is 1.12 bits per heavy atom. The molecule has 2 aromatic rings. The van der Waals surface area contributed by atoms with Gasteiger partial charge in [-0.15, -0.1) is 11.3 Å². The van der Waals surface area contributed by atoms with Crippen LogP contribution in [0.5, 0.6) is 0 Å². The highest BCUT2D eigenvalue weighted by Gasteiger charge is 2.52. The van der Waals surface area contributed by atoms with Crippen molar-refractivity contribution in [3.8, 4) is 0 Å². The summed E-state index contributed by atoms with van der Waals surface area (Å²) in [6.45, 7) is 10.0. The summed E-state index contributed by atoms with van der Waals surface area (Å²) in [6.07, 6.45) is 1.18. The van der Waals surface area contributed by atoms with Crippen LogP contribution in [0.2, 0.25) is 0 Å². The van der Waals surface area contributed by atoms with E-state index in [4.69, 9.17) is 18.8 Å². The number of thiazole rings is 1. The minimum Gasteiger partial charge on any atom is -0.461 e. The summed E-state index contributed by atoms with van der Waals surface area (Å²) in [5, 5.41) is 2.75. The van der Waals surface area contributed by atoms with E-state index in [1.165, 1.54) is 11.3 Å². The predicted octanol–water partition coefficient (Wildman–Crippen LogP) is 4.26. The molecule has 0 unspecified atom stereocenters. The predicted molar refractivity (Wildman–Crippen MR) is 127 cm³/mol. The third-order valence-corrected chi connectivity index (χ3v) is 6.36. The van der Waals surface area contributed by atoms with Crippen LogP contribution in [-0.2, 0) is 25.4 Å². The lowest BCUT2D eigenvalue weighted by Gasteiger charge is -2.32. The lowest BCUT2D eigenvalue weighted by atomic mass is 9.77. The molecule has 1 N–H and O–H groups in total. The summed E-state index contributed by atoms with van der Waals surface area (Å²) < 4.78 is 22.7. The van der Waals surface area contributed by atoms with Crippen LogP contribution < -0.4 is 5.32 Å². The maximum Gasteiger partial charge on any atom is 0.492 e. The number of nitrogens with one attached hydrogen (secondary N) is 1. The molecule has 0 aliphatic carbocycles. The van der Waals surface area contributed by atoms with Crippen LogP contribution in [-0.4, -0.2) is 48.5 Å². The van der Waals surface area contributed by atoms with E-state index in [1.54, 1.807) is 18.5 Å². The summed E-state index contributed by atoms with van der Waals surface area (Å²) in [5.41, 5.74) is 2.16. The second-order valence-electron chi connectivity index (χ2n) is 8.51. The van der Waals surface area contributed by atoms with E-state index in [0.29, 0.717) is 10.3 Å². The second-order valence-corrected chi connectivity index (χ2v) is 9.39. The summed E-state index contributed by atoms with van der Waals surface area (Å²) >= 11 is 1.29. The number of nitrogens with zero attached hydrogens (tertiary/aromatic N) is 1. The largest absolute Gasteiger partial charge is 0.492 e. The molecular formula is C23H29BN2O6S. The molecule has 0 atom stereocenters. The molecule has 0 bridgehead atoms. The van der Waals surface area contributed by atoms with Crippen LogP contribution in [0.15, 0.2) is 41.3 Å². The minimum absolute atomic E-state index is 0.102. The van der Waals surface area contributed by atoms with E-state index < -0.39 is 30.4 Å². The van der Waals surface area contributed by atoms with Crippen LogP contribution in [0.25, 0.3) is 6.08 Å². The molecule has 176 valence electrons. The van der Waals surface area contributed by atoms with Crippen LogP contribution in [0.3, 0.4) is 0 Å². The van der Waals surface area contributed by atoms with Gasteiger partial charge in [0.05, 0.1) is 28.2 Å². The van der Waals surface area contributed by atoms with Gasteiger partial charge in [-0.3, -0.25) is 0 Å². The zero-order chi connectivity index (χ0) is 24.1. The maximum atomic E-state index is 12.3. The number of ether oxygens (including phenoxy) is 2. The van der Waals surface area contributed by atoms with Crippen molar-refractivity contribution in [3.05, 3.63) is 57.4 Å². The van der Waals surface area contributed by atoms with Gasteiger partial charge >= 0.3 is 19.2 Å². The molecule has 1 amide bonds. The number of aromatic nitrogens is 1. The van der Waals surface area contributed by atoms with Gasteiger partial charge in [-0.25, -0.2) is 14.6 Å². The van der Waals surface area contributed by atoms with E-state index >= 15 is 0 Å². The molecule has 2 heterocycles. The summed E-state index contributed by atoms with van der Waals surface area (Å²) in [4.78, 5) is 29.3. The summed E-state index contributed by atoms with van der Waals surface area (Å²) in [5.74, 6) is -0.506. The summed E-state index contributed by atoms with van der Waals surface area (Å²) in [6, 6.07) is 9.42. The van der Waals surface area contributed by atoms with Crippen LogP contribution in [0.1, 0.15) is 55.5 Å². The normalized spacial score (nSPS) is 17.0. The van der Waals surface area contributed by atoms with Crippen LogP contribution in [0, 0.1) is 0 Å². The Hall–Kier alpha value is -2.69. The Morgan fingerprint density at radius 2 is 1.79 bits per heavy atom. The molecule has 1 saturated heterocycles. The molecule has 0 radical (unpaired) electrons. The molecule has 3 rings (SSSR count). The van der Waals surface area contributed by atoms with E-state index in [2.05, 4.69) is 10.3 Å². The molecule has 0 spiro atoms. The standard InChI is InChI=1S/C23H29BN2O6S/c1-6-29-20(27)19-18(33-15-26-19)12-17(24-31-22(2,3)23(4,5)32-24)13-25-21(28)30-14-16-10-8-7-9-11-16/h7-12,15H,6,13-14H2,1-5H3,(H,25,28). The fourth-order valence-corrected chi connectivity index (χ4v) is 3.76. The molecule has 1 aliphatic heterocycles. The van der Waals surface area contributed by atoms with Gasteiger partial charge in [0.1, 0.15) is 6.61 Å². The van der Waals surface area contributed by atoms with Gasteiger partial charge in [0.25, 0.3) is 0 Å². The lowest BCUT2D eigenvalue weighted by Crippen LogP contribution is -2.41. The van der Waals surface area contributed by atoms with Gasteiger partial charge in [0, 0.05) is 6.54 Å². The second kappa shape index (κ2) is 10.5. The molecule has 8 nitrogen and oxygen atoms in total. The van der Waals surface area contributed by atoms with E-state index in [0.717, 1.165) is 5.56 Å². The SMILES string of the molecule is CCOC(=O)c1ncsc1C=C(CNC(=O)OCc1ccccc1)B1OC(C)(C)C(C)(C)O1. The average Bonchev–Trinajstić information content (AvgIpc) is 3.31. The smallest absolute Gasteiger partial charge is 0.461 e. The number of carbonyl (C=O) groups excluding carboxylic acids is 2. The number of hydrogen-bond donors (Lipinski definition) is 1. The number of alkyl carbamates (subject to hydrolysis) is 1. The first-order valence-electron chi connectivity index (χ1n) is 10.7. The third kappa shape index (κ3) is 6.22. The molecule has 1 aromatic carbocycles. The van der Waals surface area contributed by atoms with E-state index in [1.807, 2.05) is 58.0 Å². The number of benzene rings is 1. The lowest BCUT2D eigenvalue weighted by molar-refractivity contribution is 0.00578. The quantitative estimate of drug-likeness (QED) is 0.453. The molecule has 0 saturated carbocycles. The van der Waals surface area contributed by atoms with Crippen molar-refractivity contribution in [2.75, 3.05) is 13.2 Å². The van der Waals surface area contributed by atoms with Gasteiger partial charge in [0.2, 0.25) is 0 Å². The van der Waals surface area contributed by atoms with E-state index in [9.17, 15) is 9.59 Å². The summed E-state index contributed by atoms with van der Waals surface area (Å²) in [7, 11) is -0.721. The van der Waals surface area contributed by atoms with Crippen molar-refractivity contribution in [1.82, 2.24) is 10.3 Å². The molecule has 1 aliphatic rings. The molecule has 1 aromatic heterocycles. The minimum atomic E-state index is -0.721. The first kappa shape index (κ1) is 24.9. The fraction of sp³-hybridized carbons (Fsp3) is 0.435. The zero-order valence-corrected chi connectivity index (χ0v) is 20.4. The monoisotopic (exact) mass is 472 g/mol. The topological polar surface area (TPSA) is 96.0 Å². The number of carbonyl (C=O) groups is 2. The Morgan fingerprint density at radius 3 is 2.42 bits per heavy atom. The first-order valence-corrected chi connectivity index (χ1v) is 11.6. The van der Waals surface area contributed by atoms with E-state index in [-0.39, 0.29) is 25.5 Å². The molecule has 33 heavy (non-hydrogen) atoms. The number of esters is 1. The van der Waals surface area contributed by atoms with Crippen LogP contribution in [0.4, 0.5) is 4.79 Å². The highest BCUT2D eigenvalue weighted by atomic mass is 32.1. The molecule has 10 heteroatoms.